The van der Waals surface area contributed by atoms with E-state index in [2.05, 4.69) is 9.97 Å². The zero-order valence-corrected chi connectivity index (χ0v) is 25.0. The highest BCUT2D eigenvalue weighted by atomic mass is 19.1. The summed E-state index contributed by atoms with van der Waals surface area (Å²) >= 11 is 0. The molecular formula is C33H29F2N5O7. The van der Waals surface area contributed by atoms with Crippen LogP contribution in [0.4, 0.5) is 8.78 Å². The number of aromatic nitrogens is 4. The first-order chi connectivity index (χ1) is 22.6. The van der Waals surface area contributed by atoms with Gasteiger partial charge in [0.1, 0.15) is 23.9 Å². The lowest BCUT2D eigenvalue weighted by Gasteiger charge is -2.27. The Morgan fingerprint density at radius 1 is 0.830 bits per heavy atom. The van der Waals surface area contributed by atoms with Crippen molar-refractivity contribution in [1.82, 2.24) is 19.1 Å². The first-order valence-corrected chi connectivity index (χ1v) is 14.7. The number of aromatic amines is 2. The highest BCUT2D eigenvalue weighted by Gasteiger charge is 2.32. The van der Waals surface area contributed by atoms with E-state index >= 15 is 0 Å². The summed E-state index contributed by atoms with van der Waals surface area (Å²) < 4.78 is 34.4. The van der Waals surface area contributed by atoms with E-state index in [-0.39, 0.29) is 16.9 Å². The van der Waals surface area contributed by atoms with Crippen molar-refractivity contribution >= 4 is 0 Å². The number of aromatic hydroxyl groups is 1. The fraction of sp³-hybridized carbons (Fsp3) is 0.212. The maximum atomic E-state index is 14.2. The van der Waals surface area contributed by atoms with Crippen LogP contribution in [-0.4, -0.2) is 44.4 Å². The quantitative estimate of drug-likeness (QED) is 0.194. The second-order valence-electron chi connectivity index (χ2n) is 11.2. The lowest BCUT2D eigenvalue weighted by Crippen LogP contribution is -3.08. The van der Waals surface area contributed by atoms with Crippen molar-refractivity contribution in [3.05, 3.63) is 142 Å². The predicted molar refractivity (Wildman–Crippen MR) is 164 cm³/mol. The molecule has 3 heterocycles. The molecule has 0 bridgehead atoms. The largest absolute Gasteiger partial charge is 0.859 e. The Kier molecular flexibility index (Phi) is 8.35. The molecule has 1 unspecified atom stereocenters. The second-order valence-corrected chi connectivity index (χ2v) is 11.2. The van der Waals surface area contributed by atoms with Gasteiger partial charge < -0.3 is 19.8 Å². The van der Waals surface area contributed by atoms with Gasteiger partial charge in [-0.1, -0.05) is 6.07 Å². The maximum absolute atomic E-state index is 14.2. The van der Waals surface area contributed by atoms with E-state index in [4.69, 9.17) is 4.74 Å². The number of hydrogen-bond donors (Lipinski definition) is 4. The standard InChI is InChI=1S/C33H29F2N5O7/c1-47-24-13-4-18(16-19(24)17-38-14-2-3-15-38)25(26-28(41)36-32(45)39(30(26)43)22-9-5-20(34)6-10-22)27-29(42)37-33(46)40(31(27)44)23-11-7-21(35)8-12-23/h4-13,16,25,43-44H,2-3,14-15,17H2,1H3,(H,36,41,45)(H,37,42,46). The molecule has 12 nitrogen and oxygen atoms in total. The number of benzene rings is 3. The number of methoxy groups -OCH3 is 1. The molecule has 1 aliphatic heterocycles. The van der Waals surface area contributed by atoms with Crippen LogP contribution in [-0.2, 0) is 6.54 Å². The number of H-pyrrole nitrogens is 2. The van der Waals surface area contributed by atoms with Gasteiger partial charge in [0.2, 0.25) is 5.88 Å². The van der Waals surface area contributed by atoms with Crippen LogP contribution in [0.5, 0.6) is 17.5 Å². The number of nitrogens with one attached hydrogen (secondary N) is 3. The van der Waals surface area contributed by atoms with Crippen LogP contribution >= 0.6 is 0 Å². The van der Waals surface area contributed by atoms with E-state index in [0.717, 1.165) is 50.2 Å². The summed E-state index contributed by atoms with van der Waals surface area (Å²) in [5.74, 6) is -4.46. The minimum Gasteiger partial charge on any atom is -0.859 e. The van der Waals surface area contributed by atoms with Gasteiger partial charge in [0.25, 0.3) is 11.1 Å². The molecule has 47 heavy (non-hydrogen) atoms. The molecule has 0 spiro atoms. The van der Waals surface area contributed by atoms with Gasteiger partial charge in [-0.2, -0.15) is 0 Å². The average Bonchev–Trinajstić information content (AvgIpc) is 3.55. The minimum atomic E-state index is -1.65. The van der Waals surface area contributed by atoms with Crippen LogP contribution in [0.25, 0.3) is 11.4 Å². The normalized spacial score (nSPS) is 13.9. The molecule has 1 aliphatic rings. The van der Waals surface area contributed by atoms with Gasteiger partial charge in [-0.05, 0) is 72.1 Å². The van der Waals surface area contributed by atoms with E-state index in [1.54, 1.807) is 12.1 Å². The third-order valence-electron chi connectivity index (χ3n) is 8.36. The highest BCUT2D eigenvalue weighted by Crippen LogP contribution is 2.38. The van der Waals surface area contributed by atoms with Crippen molar-refractivity contribution < 1.29 is 28.6 Å². The van der Waals surface area contributed by atoms with Crippen molar-refractivity contribution in [2.75, 3.05) is 20.2 Å². The van der Waals surface area contributed by atoms with Crippen molar-refractivity contribution in [3.8, 4) is 28.9 Å². The van der Waals surface area contributed by atoms with Crippen molar-refractivity contribution in [3.63, 3.8) is 0 Å². The molecule has 6 rings (SSSR count). The Hall–Kier alpha value is -5.76. The van der Waals surface area contributed by atoms with Gasteiger partial charge in [-0.15, -0.1) is 0 Å². The zero-order valence-electron chi connectivity index (χ0n) is 25.0. The van der Waals surface area contributed by atoms with Crippen molar-refractivity contribution in [2.24, 2.45) is 0 Å². The van der Waals surface area contributed by atoms with Crippen LogP contribution in [0.2, 0.25) is 0 Å². The summed E-state index contributed by atoms with van der Waals surface area (Å²) in [7, 11) is 1.49. The molecule has 0 amide bonds. The molecule has 1 atom stereocenters. The van der Waals surface area contributed by atoms with Crippen LogP contribution in [0.3, 0.4) is 0 Å². The Morgan fingerprint density at radius 2 is 1.36 bits per heavy atom. The van der Waals surface area contributed by atoms with Gasteiger partial charge in [-0.3, -0.25) is 24.1 Å². The first kappa shape index (κ1) is 31.2. The number of ether oxygens (including phenoxy) is 1. The van der Waals surface area contributed by atoms with Crippen molar-refractivity contribution in [1.29, 1.82) is 0 Å². The first-order valence-electron chi connectivity index (χ1n) is 14.7. The smallest absolute Gasteiger partial charge is 0.335 e. The topological polar surface area (TPSA) is 167 Å². The van der Waals surface area contributed by atoms with Gasteiger partial charge in [0.15, 0.2) is 0 Å². The fourth-order valence-corrected chi connectivity index (χ4v) is 6.15. The lowest BCUT2D eigenvalue weighted by atomic mass is 9.85. The number of rotatable bonds is 8. The van der Waals surface area contributed by atoms with E-state index in [1.165, 1.54) is 42.3 Å². The summed E-state index contributed by atoms with van der Waals surface area (Å²) in [5.41, 5.74) is -4.86. The molecular weight excluding hydrogens is 616 g/mol. The summed E-state index contributed by atoms with van der Waals surface area (Å²) in [6.45, 7) is 2.33. The number of nitrogens with zero attached hydrogens (tertiary/aromatic N) is 2. The number of hydrogen-bond acceptors (Lipinski definition) is 7. The monoisotopic (exact) mass is 645 g/mol. The number of quaternary nitrogens is 1. The van der Waals surface area contributed by atoms with Crippen LogP contribution in [0.1, 0.15) is 41.0 Å². The van der Waals surface area contributed by atoms with Gasteiger partial charge >= 0.3 is 11.4 Å². The SMILES string of the molecule is COc1ccc(C(c2c([O-])n(-c3ccc(F)cc3)c(=O)[nH]c2=O)c2c(O)n(-c3ccc(F)cc3)c(=O)[nH]c2=O)cc1C[NH+]1CCCC1. The summed E-state index contributed by atoms with van der Waals surface area (Å²) in [6, 6.07) is 13.6. The summed E-state index contributed by atoms with van der Waals surface area (Å²) in [4.78, 5) is 58.7. The molecule has 1 fully saturated rings. The molecule has 14 heteroatoms. The van der Waals surface area contributed by atoms with Crippen molar-refractivity contribution in [2.45, 2.75) is 25.3 Å². The number of likely N-dealkylation sites (tertiary alicyclic amines) is 1. The molecule has 242 valence electrons. The maximum Gasteiger partial charge on any atom is 0.335 e. The van der Waals surface area contributed by atoms with E-state index in [9.17, 15) is 38.2 Å². The average molecular weight is 646 g/mol. The molecule has 0 aliphatic carbocycles. The Labute approximate surface area is 264 Å². The van der Waals surface area contributed by atoms with Crippen LogP contribution in [0.15, 0.2) is 85.9 Å². The minimum absolute atomic E-state index is 0.0225. The molecule has 4 N–H and O–H groups in total. The number of halogens is 2. The summed E-state index contributed by atoms with van der Waals surface area (Å²) in [6.07, 6.45) is 2.07. The molecule has 1 saturated heterocycles. The molecule has 3 aromatic carbocycles. The Balaban J connectivity index is 1.67. The van der Waals surface area contributed by atoms with E-state index in [1.807, 2.05) is 0 Å². The van der Waals surface area contributed by atoms with Crippen LogP contribution < -0.4 is 37.2 Å². The van der Waals surface area contributed by atoms with Gasteiger partial charge in [0, 0.05) is 29.7 Å². The second kappa shape index (κ2) is 12.6. The van der Waals surface area contributed by atoms with Gasteiger partial charge in [0.05, 0.1) is 37.4 Å². The predicted octanol–water partition coefficient (Wildman–Crippen LogP) is 0.790. The highest BCUT2D eigenvalue weighted by molar-refractivity contribution is 5.53. The molecule has 5 aromatic rings. The Morgan fingerprint density at radius 3 is 1.94 bits per heavy atom. The lowest BCUT2D eigenvalue weighted by molar-refractivity contribution is -0.901. The fourth-order valence-electron chi connectivity index (χ4n) is 6.15. The molecule has 2 aromatic heterocycles. The van der Waals surface area contributed by atoms with Gasteiger partial charge in [-0.25, -0.2) is 22.9 Å². The zero-order chi connectivity index (χ0) is 33.4. The third-order valence-corrected chi connectivity index (χ3v) is 8.36. The van der Waals surface area contributed by atoms with E-state index in [0.29, 0.717) is 27.0 Å². The Bertz CT molecular complexity index is 2080. The molecule has 0 saturated carbocycles. The summed E-state index contributed by atoms with van der Waals surface area (Å²) in [5, 5.41) is 25.8. The van der Waals surface area contributed by atoms with Crippen LogP contribution in [0, 0.1) is 11.6 Å². The third kappa shape index (κ3) is 5.86. The molecule has 0 radical (unpaired) electrons. The van der Waals surface area contributed by atoms with E-state index < -0.39 is 62.9 Å².